The molecule has 0 aromatic heterocycles. The highest BCUT2D eigenvalue weighted by molar-refractivity contribution is 5.93. The Bertz CT molecular complexity index is 378. The Morgan fingerprint density at radius 1 is 1.35 bits per heavy atom. The number of aryl methyl sites for hydroxylation is 1. The van der Waals surface area contributed by atoms with Crippen LogP contribution in [0.1, 0.15) is 25.8 Å². The van der Waals surface area contributed by atoms with Crippen LogP contribution in [-0.4, -0.2) is 24.1 Å². The Morgan fingerprint density at radius 3 is 2.76 bits per heavy atom. The summed E-state index contributed by atoms with van der Waals surface area (Å²) in [5, 5.41) is 15.3. The molecule has 94 valence electrons. The molecule has 1 rings (SSSR count). The van der Waals surface area contributed by atoms with Gasteiger partial charge in [0.15, 0.2) is 0 Å². The van der Waals surface area contributed by atoms with E-state index in [1.165, 1.54) is 0 Å². The molecule has 0 atom stereocenters. The number of phenols is 1. The molecule has 0 saturated carbocycles. The van der Waals surface area contributed by atoms with Crippen molar-refractivity contribution in [1.82, 2.24) is 5.32 Å². The van der Waals surface area contributed by atoms with E-state index in [1.54, 1.807) is 12.1 Å². The summed E-state index contributed by atoms with van der Waals surface area (Å²) >= 11 is 0. The zero-order valence-electron chi connectivity index (χ0n) is 10.4. The summed E-state index contributed by atoms with van der Waals surface area (Å²) in [7, 11) is 0. The highest BCUT2D eigenvalue weighted by atomic mass is 16.3. The zero-order valence-corrected chi connectivity index (χ0v) is 10.4. The van der Waals surface area contributed by atoms with Crippen LogP contribution in [0.3, 0.4) is 0 Å². The standard InChI is InChI=1S/C13H20N2O2/c1-3-7-14-9-13(17)15-11-8-10(4-2)5-6-12(11)16/h5-6,8,14,16H,3-4,7,9H2,1-2H3,(H,15,17). The number of nitrogens with one attached hydrogen (secondary N) is 2. The van der Waals surface area contributed by atoms with Crippen molar-refractivity contribution in [3.8, 4) is 5.75 Å². The third-order valence-corrected chi connectivity index (χ3v) is 2.46. The molecule has 0 radical (unpaired) electrons. The van der Waals surface area contributed by atoms with Gasteiger partial charge in [-0.05, 0) is 37.1 Å². The lowest BCUT2D eigenvalue weighted by Crippen LogP contribution is -2.28. The Hall–Kier alpha value is -1.55. The molecule has 4 heteroatoms. The first-order valence-corrected chi connectivity index (χ1v) is 5.99. The molecule has 0 bridgehead atoms. The van der Waals surface area contributed by atoms with E-state index in [0.717, 1.165) is 24.9 Å². The quantitative estimate of drug-likeness (QED) is 0.522. The van der Waals surface area contributed by atoms with Crippen molar-refractivity contribution in [3.05, 3.63) is 23.8 Å². The van der Waals surface area contributed by atoms with Crippen molar-refractivity contribution >= 4 is 11.6 Å². The molecule has 17 heavy (non-hydrogen) atoms. The summed E-state index contributed by atoms with van der Waals surface area (Å²) in [6, 6.07) is 5.25. The Balaban J connectivity index is 2.57. The fourth-order valence-corrected chi connectivity index (χ4v) is 1.48. The summed E-state index contributed by atoms with van der Waals surface area (Å²) in [5.74, 6) is -0.0342. The number of anilines is 1. The number of hydrogen-bond acceptors (Lipinski definition) is 3. The molecule has 0 spiro atoms. The molecule has 0 saturated heterocycles. The number of aromatic hydroxyl groups is 1. The van der Waals surface area contributed by atoms with Gasteiger partial charge in [-0.15, -0.1) is 0 Å². The molecular weight excluding hydrogens is 216 g/mol. The van der Waals surface area contributed by atoms with Gasteiger partial charge in [-0.3, -0.25) is 4.79 Å². The van der Waals surface area contributed by atoms with E-state index in [1.807, 2.05) is 19.9 Å². The number of rotatable bonds is 6. The van der Waals surface area contributed by atoms with Gasteiger partial charge in [0, 0.05) is 0 Å². The molecule has 0 fully saturated rings. The van der Waals surface area contributed by atoms with Crippen molar-refractivity contribution in [2.24, 2.45) is 0 Å². The van der Waals surface area contributed by atoms with Gasteiger partial charge in [-0.25, -0.2) is 0 Å². The topological polar surface area (TPSA) is 61.4 Å². The predicted octanol–water partition coefficient (Wildman–Crippen LogP) is 1.89. The fraction of sp³-hybridized carbons (Fsp3) is 0.462. The molecule has 0 unspecified atom stereocenters. The van der Waals surface area contributed by atoms with Gasteiger partial charge in [0.25, 0.3) is 0 Å². The molecule has 1 amide bonds. The first kappa shape index (κ1) is 13.5. The maximum absolute atomic E-state index is 11.6. The van der Waals surface area contributed by atoms with Gasteiger partial charge in [-0.1, -0.05) is 19.9 Å². The molecule has 0 aliphatic heterocycles. The summed E-state index contributed by atoms with van der Waals surface area (Å²) in [6.45, 7) is 5.15. The monoisotopic (exact) mass is 236 g/mol. The van der Waals surface area contributed by atoms with Crippen LogP contribution in [0, 0.1) is 0 Å². The molecule has 4 nitrogen and oxygen atoms in total. The van der Waals surface area contributed by atoms with Gasteiger partial charge in [0.2, 0.25) is 5.91 Å². The molecule has 3 N–H and O–H groups in total. The smallest absolute Gasteiger partial charge is 0.238 e. The molecule has 0 aliphatic carbocycles. The molecule has 0 heterocycles. The molecule has 1 aromatic rings. The number of phenolic OH excluding ortho intramolecular Hbond substituents is 1. The average Bonchev–Trinajstić information content (AvgIpc) is 2.32. The van der Waals surface area contributed by atoms with Gasteiger partial charge in [-0.2, -0.15) is 0 Å². The Morgan fingerprint density at radius 2 is 2.12 bits per heavy atom. The number of amides is 1. The third-order valence-electron chi connectivity index (χ3n) is 2.46. The minimum atomic E-state index is -0.137. The van der Waals surface area contributed by atoms with Crippen molar-refractivity contribution in [3.63, 3.8) is 0 Å². The van der Waals surface area contributed by atoms with E-state index in [2.05, 4.69) is 10.6 Å². The van der Waals surface area contributed by atoms with Crippen LogP contribution in [0.15, 0.2) is 18.2 Å². The summed E-state index contributed by atoms with van der Waals surface area (Å²) in [5.41, 5.74) is 1.56. The lowest BCUT2D eigenvalue weighted by Gasteiger charge is -2.09. The third kappa shape index (κ3) is 4.44. The van der Waals surface area contributed by atoms with Crippen molar-refractivity contribution in [2.75, 3.05) is 18.4 Å². The van der Waals surface area contributed by atoms with Gasteiger partial charge < -0.3 is 15.7 Å². The van der Waals surface area contributed by atoms with Gasteiger partial charge in [0.1, 0.15) is 5.75 Å². The van der Waals surface area contributed by atoms with E-state index in [9.17, 15) is 9.90 Å². The maximum Gasteiger partial charge on any atom is 0.238 e. The summed E-state index contributed by atoms with van der Waals surface area (Å²) in [4.78, 5) is 11.6. The Labute approximate surface area is 102 Å². The molecular formula is C13H20N2O2. The summed E-state index contributed by atoms with van der Waals surface area (Å²) in [6.07, 6.45) is 1.86. The van der Waals surface area contributed by atoms with E-state index < -0.39 is 0 Å². The Kier molecular flexibility index (Phi) is 5.49. The summed E-state index contributed by atoms with van der Waals surface area (Å²) < 4.78 is 0. The van der Waals surface area contributed by atoms with Gasteiger partial charge in [0.05, 0.1) is 12.2 Å². The second kappa shape index (κ2) is 6.91. The molecule has 1 aromatic carbocycles. The largest absolute Gasteiger partial charge is 0.506 e. The fourth-order valence-electron chi connectivity index (χ4n) is 1.48. The molecule has 0 aliphatic rings. The minimum Gasteiger partial charge on any atom is -0.506 e. The van der Waals surface area contributed by atoms with E-state index in [0.29, 0.717) is 5.69 Å². The van der Waals surface area contributed by atoms with E-state index >= 15 is 0 Å². The van der Waals surface area contributed by atoms with Crippen molar-refractivity contribution in [1.29, 1.82) is 0 Å². The maximum atomic E-state index is 11.6. The van der Waals surface area contributed by atoms with Crippen LogP contribution in [0.4, 0.5) is 5.69 Å². The van der Waals surface area contributed by atoms with E-state index in [-0.39, 0.29) is 18.2 Å². The number of carbonyl (C=O) groups is 1. The average molecular weight is 236 g/mol. The van der Waals surface area contributed by atoms with Crippen molar-refractivity contribution < 1.29 is 9.90 Å². The van der Waals surface area contributed by atoms with Crippen LogP contribution in [-0.2, 0) is 11.2 Å². The number of carbonyl (C=O) groups excluding carboxylic acids is 1. The zero-order chi connectivity index (χ0) is 12.7. The van der Waals surface area contributed by atoms with Crippen LogP contribution >= 0.6 is 0 Å². The van der Waals surface area contributed by atoms with Crippen LogP contribution in [0.25, 0.3) is 0 Å². The predicted molar refractivity (Wildman–Crippen MR) is 69.3 cm³/mol. The lowest BCUT2D eigenvalue weighted by molar-refractivity contribution is -0.115. The highest BCUT2D eigenvalue weighted by Gasteiger charge is 2.06. The number of hydrogen-bond donors (Lipinski definition) is 3. The minimum absolute atomic E-state index is 0.103. The lowest BCUT2D eigenvalue weighted by atomic mass is 10.1. The highest BCUT2D eigenvalue weighted by Crippen LogP contribution is 2.24. The normalized spacial score (nSPS) is 10.2. The van der Waals surface area contributed by atoms with E-state index in [4.69, 9.17) is 0 Å². The second-order valence-electron chi connectivity index (χ2n) is 3.93. The van der Waals surface area contributed by atoms with Crippen LogP contribution in [0.5, 0.6) is 5.75 Å². The first-order chi connectivity index (χ1) is 8.17. The first-order valence-electron chi connectivity index (χ1n) is 5.99. The SMILES string of the molecule is CCCNCC(=O)Nc1cc(CC)ccc1O. The number of benzene rings is 1. The van der Waals surface area contributed by atoms with Crippen molar-refractivity contribution in [2.45, 2.75) is 26.7 Å². The van der Waals surface area contributed by atoms with Crippen LogP contribution < -0.4 is 10.6 Å². The van der Waals surface area contributed by atoms with Crippen LogP contribution in [0.2, 0.25) is 0 Å². The second-order valence-corrected chi connectivity index (χ2v) is 3.93. The van der Waals surface area contributed by atoms with Gasteiger partial charge >= 0.3 is 0 Å².